The van der Waals surface area contributed by atoms with Crippen LogP contribution in [-0.2, 0) is 0 Å². The highest BCUT2D eigenvalue weighted by molar-refractivity contribution is 6.31. The topological polar surface area (TPSA) is 55.1 Å². The maximum absolute atomic E-state index is 13.6. The van der Waals surface area contributed by atoms with Gasteiger partial charge in [0.2, 0.25) is 0 Å². The first-order valence-electron chi connectivity index (χ1n) is 6.25. The highest BCUT2D eigenvalue weighted by Crippen LogP contribution is 2.19. The summed E-state index contributed by atoms with van der Waals surface area (Å²) in [6, 6.07) is 3.90. The lowest BCUT2D eigenvalue weighted by atomic mass is 9.90. The van der Waals surface area contributed by atoms with Crippen molar-refractivity contribution < 1.29 is 9.18 Å². The van der Waals surface area contributed by atoms with Gasteiger partial charge in [0.15, 0.2) is 0 Å². The second kappa shape index (κ2) is 6.35. The monoisotopic (exact) mass is 286 g/mol. The third-order valence-electron chi connectivity index (χ3n) is 2.90. The summed E-state index contributed by atoms with van der Waals surface area (Å²) in [5.74, 6) is -0.711. The molecule has 0 bridgehead atoms. The Kier molecular flexibility index (Phi) is 5.32. The minimum Gasteiger partial charge on any atom is -0.346 e. The van der Waals surface area contributed by atoms with Crippen molar-refractivity contribution >= 4 is 17.5 Å². The number of nitrogens with two attached hydrogens (primary N) is 1. The lowest BCUT2D eigenvalue weighted by molar-refractivity contribution is 0.0894. The number of nitrogens with one attached hydrogen (secondary N) is 1. The molecule has 3 nitrogen and oxygen atoms in total. The van der Waals surface area contributed by atoms with Gasteiger partial charge in [-0.2, -0.15) is 0 Å². The van der Waals surface area contributed by atoms with E-state index in [1.165, 1.54) is 18.2 Å². The second-order valence-corrected chi connectivity index (χ2v) is 5.88. The van der Waals surface area contributed by atoms with Crippen molar-refractivity contribution in [2.45, 2.75) is 32.7 Å². The van der Waals surface area contributed by atoms with Crippen LogP contribution < -0.4 is 11.1 Å². The Morgan fingerprint density at radius 2 is 2.16 bits per heavy atom. The summed E-state index contributed by atoms with van der Waals surface area (Å²) in [6.45, 7) is 6.23. The minimum absolute atomic E-state index is 0.0593. The SMILES string of the molecule is CC(C)CC(C)(CN)NC(=O)c1cc(Cl)ccc1F. The molecule has 0 saturated heterocycles. The van der Waals surface area contributed by atoms with Crippen molar-refractivity contribution in [3.05, 3.63) is 34.6 Å². The van der Waals surface area contributed by atoms with E-state index in [2.05, 4.69) is 5.32 Å². The molecule has 0 heterocycles. The molecule has 0 aromatic heterocycles. The van der Waals surface area contributed by atoms with Gasteiger partial charge in [0.05, 0.1) is 5.56 Å². The summed E-state index contributed by atoms with van der Waals surface area (Å²) in [7, 11) is 0. The number of rotatable bonds is 5. The molecule has 0 spiro atoms. The highest BCUT2D eigenvalue weighted by Gasteiger charge is 2.27. The van der Waals surface area contributed by atoms with Gasteiger partial charge in [-0.25, -0.2) is 4.39 Å². The summed E-state index contributed by atoms with van der Waals surface area (Å²) in [5.41, 5.74) is 5.10. The van der Waals surface area contributed by atoms with Crippen molar-refractivity contribution in [1.29, 1.82) is 0 Å². The number of carbonyl (C=O) groups is 1. The third kappa shape index (κ3) is 4.48. The summed E-state index contributed by atoms with van der Waals surface area (Å²) in [5, 5.41) is 3.12. The Labute approximate surface area is 118 Å². The van der Waals surface area contributed by atoms with Crippen LogP contribution in [0, 0.1) is 11.7 Å². The standard InChI is InChI=1S/C14H20ClFN2O/c1-9(2)7-14(3,8-17)18-13(19)11-6-10(15)4-5-12(11)16/h4-6,9H,7-8,17H2,1-3H3,(H,18,19). The van der Waals surface area contributed by atoms with Crippen molar-refractivity contribution in [3.8, 4) is 0 Å². The molecule has 1 atom stereocenters. The molecule has 1 aromatic rings. The average molecular weight is 287 g/mol. The van der Waals surface area contributed by atoms with Crippen molar-refractivity contribution in [3.63, 3.8) is 0 Å². The highest BCUT2D eigenvalue weighted by atomic mass is 35.5. The molecule has 0 radical (unpaired) electrons. The van der Waals surface area contributed by atoms with Gasteiger partial charge in [0, 0.05) is 17.1 Å². The molecular weight excluding hydrogens is 267 g/mol. The number of hydrogen-bond acceptors (Lipinski definition) is 2. The summed E-state index contributed by atoms with van der Waals surface area (Å²) >= 11 is 5.78. The van der Waals surface area contributed by atoms with Crippen LogP contribution >= 0.6 is 11.6 Å². The normalized spacial score (nSPS) is 14.3. The zero-order valence-corrected chi connectivity index (χ0v) is 12.2. The number of carbonyl (C=O) groups excluding carboxylic acids is 1. The molecular formula is C14H20ClFN2O. The molecule has 1 amide bonds. The predicted octanol–water partition coefficient (Wildman–Crippen LogP) is 2.97. The van der Waals surface area contributed by atoms with E-state index in [-0.39, 0.29) is 5.56 Å². The Morgan fingerprint density at radius 3 is 2.68 bits per heavy atom. The number of benzene rings is 1. The van der Waals surface area contributed by atoms with Crippen LogP contribution in [-0.4, -0.2) is 18.0 Å². The van der Waals surface area contributed by atoms with Crippen LogP contribution in [0.3, 0.4) is 0 Å². The first-order chi connectivity index (χ1) is 8.77. The Balaban J connectivity index is 2.91. The van der Waals surface area contributed by atoms with Gasteiger partial charge >= 0.3 is 0 Å². The molecule has 106 valence electrons. The first-order valence-corrected chi connectivity index (χ1v) is 6.63. The van der Waals surface area contributed by atoms with E-state index in [0.717, 1.165) is 6.42 Å². The fraction of sp³-hybridized carbons (Fsp3) is 0.500. The zero-order chi connectivity index (χ0) is 14.6. The van der Waals surface area contributed by atoms with Crippen molar-refractivity contribution in [2.24, 2.45) is 11.7 Å². The molecule has 1 aromatic carbocycles. The Morgan fingerprint density at radius 1 is 1.53 bits per heavy atom. The number of hydrogen-bond donors (Lipinski definition) is 2. The van der Waals surface area contributed by atoms with Crippen LogP contribution in [0.4, 0.5) is 4.39 Å². The van der Waals surface area contributed by atoms with Gasteiger partial charge in [0.1, 0.15) is 5.82 Å². The summed E-state index contributed by atoms with van der Waals surface area (Å²) in [4.78, 5) is 12.1. The maximum atomic E-state index is 13.6. The van der Waals surface area contributed by atoms with E-state index in [1.54, 1.807) is 0 Å². The molecule has 5 heteroatoms. The van der Waals surface area contributed by atoms with Gasteiger partial charge in [-0.3, -0.25) is 4.79 Å². The van der Waals surface area contributed by atoms with Crippen LogP contribution in [0.2, 0.25) is 5.02 Å². The second-order valence-electron chi connectivity index (χ2n) is 5.44. The van der Waals surface area contributed by atoms with E-state index in [1.807, 2.05) is 20.8 Å². The smallest absolute Gasteiger partial charge is 0.254 e. The minimum atomic E-state index is -0.592. The van der Waals surface area contributed by atoms with E-state index >= 15 is 0 Å². The van der Waals surface area contributed by atoms with Gasteiger partial charge in [0.25, 0.3) is 5.91 Å². The van der Waals surface area contributed by atoms with Crippen molar-refractivity contribution in [1.82, 2.24) is 5.32 Å². The van der Waals surface area contributed by atoms with Gasteiger partial charge in [-0.15, -0.1) is 0 Å². The quantitative estimate of drug-likeness (QED) is 0.874. The fourth-order valence-electron chi connectivity index (χ4n) is 2.10. The van der Waals surface area contributed by atoms with Gasteiger partial charge in [-0.05, 0) is 37.5 Å². The average Bonchev–Trinajstić information content (AvgIpc) is 2.31. The van der Waals surface area contributed by atoms with Gasteiger partial charge in [-0.1, -0.05) is 25.4 Å². The molecule has 19 heavy (non-hydrogen) atoms. The lowest BCUT2D eigenvalue weighted by Crippen LogP contribution is -2.52. The molecule has 1 unspecified atom stereocenters. The Hall–Kier alpha value is -1.13. The molecule has 0 aliphatic heterocycles. The fourth-order valence-corrected chi connectivity index (χ4v) is 2.27. The van der Waals surface area contributed by atoms with E-state index in [0.29, 0.717) is 17.5 Å². The zero-order valence-electron chi connectivity index (χ0n) is 11.5. The lowest BCUT2D eigenvalue weighted by Gasteiger charge is -2.31. The Bertz CT molecular complexity index is 465. The first kappa shape index (κ1) is 15.9. The molecule has 1 rings (SSSR count). The van der Waals surface area contributed by atoms with E-state index in [9.17, 15) is 9.18 Å². The van der Waals surface area contributed by atoms with Crippen LogP contribution in [0.15, 0.2) is 18.2 Å². The molecule has 0 aliphatic rings. The summed E-state index contributed by atoms with van der Waals surface area (Å²) < 4.78 is 13.6. The molecule has 3 N–H and O–H groups in total. The van der Waals surface area contributed by atoms with E-state index in [4.69, 9.17) is 17.3 Å². The van der Waals surface area contributed by atoms with E-state index < -0.39 is 17.3 Å². The maximum Gasteiger partial charge on any atom is 0.254 e. The largest absolute Gasteiger partial charge is 0.346 e. The number of amides is 1. The molecule has 0 aliphatic carbocycles. The number of halogens is 2. The molecule has 0 fully saturated rings. The summed E-state index contributed by atoms with van der Waals surface area (Å²) in [6.07, 6.45) is 0.720. The van der Waals surface area contributed by atoms with Gasteiger partial charge < -0.3 is 11.1 Å². The van der Waals surface area contributed by atoms with Crippen molar-refractivity contribution in [2.75, 3.05) is 6.54 Å². The third-order valence-corrected chi connectivity index (χ3v) is 3.13. The van der Waals surface area contributed by atoms with Crippen LogP contribution in [0.1, 0.15) is 37.6 Å². The van der Waals surface area contributed by atoms with Crippen LogP contribution in [0.5, 0.6) is 0 Å². The predicted molar refractivity (Wildman–Crippen MR) is 75.8 cm³/mol. The van der Waals surface area contributed by atoms with Crippen LogP contribution in [0.25, 0.3) is 0 Å². The molecule has 0 saturated carbocycles.